The lowest BCUT2D eigenvalue weighted by Crippen LogP contribution is -2.15. The summed E-state index contributed by atoms with van der Waals surface area (Å²) in [7, 11) is 0. The zero-order valence-electron chi connectivity index (χ0n) is 14.9. The van der Waals surface area contributed by atoms with E-state index in [1.165, 1.54) is 0 Å². The van der Waals surface area contributed by atoms with Gasteiger partial charge in [0.15, 0.2) is 0 Å². The van der Waals surface area contributed by atoms with E-state index in [0.717, 1.165) is 0 Å². The predicted molar refractivity (Wildman–Crippen MR) is 93.4 cm³/mol. The van der Waals surface area contributed by atoms with Crippen LogP contribution in [0.2, 0.25) is 0 Å². The molecule has 0 heterocycles. The molecule has 0 aromatic heterocycles. The third-order valence-electron chi connectivity index (χ3n) is 1.53. The summed E-state index contributed by atoms with van der Waals surface area (Å²) in [6.07, 6.45) is 2.39. The molecule has 0 unspecified atom stereocenters. The Balaban J connectivity index is -0.000000151. The lowest BCUT2D eigenvalue weighted by atomic mass is 10.4. The summed E-state index contributed by atoms with van der Waals surface area (Å²) in [6, 6.07) is 0. The molecular weight excluding hydrogens is 420 g/mol. The van der Waals surface area contributed by atoms with Crippen molar-refractivity contribution in [1.29, 1.82) is 0 Å². The van der Waals surface area contributed by atoms with E-state index >= 15 is 0 Å². The monoisotopic (exact) mass is 440 g/mol. The van der Waals surface area contributed by atoms with Crippen LogP contribution in [0.4, 0.5) is 0 Å². The Labute approximate surface area is 167 Å². The van der Waals surface area contributed by atoms with Crippen molar-refractivity contribution in [2.45, 2.75) is 6.10 Å². The molecule has 30 heavy (non-hydrogen) atoms. The minimum Gasteiger partial charge on any atom is -0.478 e. The predicted octanol–water partition coefficient (Wildman–Crippen LogP) is -2.53. The molecule has 0 saturated heterocycles. The minimum absolute atomic E-state index is 0.365. The summed E-state index contributed by atoms with van der Waals surface area (Å²) in [5, 5.41) is 70.9. The normalized spacial score (nSPS) is 9.60. The van der Waals surface area contributed by atoms with Gasteiger partial charge in [-0.1, -0.05) is 0 Å². The molecule has 15 heteroatoms. The summed E-state index contributed by atoms with van der Waals surface area (Å²) in [5.74, 6) is -7.54. The summed E-state index contributed by atoms with van der Waals surface area (Å²) < 4.78 is 0. The van der Waals surface area contributed by atoms with Crippen LogP contribution in [0.15, 0.2) is 36.5 Å². The minimum atomic E-state index is -1.26. The van der Waals surface area contributed by atoms with Crippen LogP contribution in [0.25, 0.3) is 0 Å². The van der Waals surface area contributed by atoms with Gasteiger partial charge in [0, 0.05) is 36.5 Å². The number of aliphatic carboxylic acids is 6. The summed E-state index contributed by atoms with van der Waals surface area (Å²) >= 11 is 0. The molecule has 0 radical (unpaired) electrons. The van der Waals surface area contributed by atoms with Crippen molar-refractivity contribution in [2.75, 3.05) is 13.2 Å². The fraction of sp³-hybridized carbons (Fsp3) is 0.200. The van der Waals surface area contributed by atoms with E-state index in [1.807, 2.05) is 0 Å². The van der Waals surface area contributed by atoms with Gasteiger partial charge in [0.05, 0.1) is 13.2 Å². The van der Waals surface area contributed by atoms with Gasteiger partial charge in [0.2, 0.25) is 0 Å². The Morgan fingerprint density at radius 1 is 0.467 bits per heavy atom. The lowest BCUT2D eigenvalue weighted by Gasteiger charge is -1.96. The maximum Gasteiger partial charge on any atom is 0.328 e. The first-order chi connectivity index (χ1) is 13.7. The molecule has 15 nitrogen and oxygen atoms in total. The Kier molecular flexibility index (Phi) is 25.6. The van der Waals surface area contributed by atoms with Gasteiger partial charge >= 0.3 is 35.8 Å². The van der Waals surface area contributed by atoms with Crippen LogP contribution in [-0.2, 0) is 28.8 Å². The highest BCUT2D eigenvalue weighted by Crippen LogP contribution is 1.72. The van der Waals surface area contributed by atoms with Gasteiger partial charge in [0.1, 0.15) is 6.10 Å². The Morgan fingerprint density at radius 3 is 0.633 bits per heavy atom. The maximum absolute atomic E-state index is 9.55. The highest BCUT2D eigenvalue weighted by Gasteiger charge is 1.94. The fourth-order valence-electron chi connectivity index (χ4n) is 0.485. The molecule has 0 atom stereocenters. The molecule has 0 aromatic rings. The van der Waals surface area contributed by atoms with Crippen LogP contribution in [0, 0.1) is 0 Å². The number of aliphatic hydroxyl groups is 3. The van der Waals surface area contributed by atoms with E-state index in [1.54, 1.807) is 0 Å². The molecular formula is C15H20O15. The van der Waals surface area contributed by atoms with E-state index in [-0.39, 0.29) is 13.2 Å². The molecule has 0 saturated carbocycles. The van der Waals surface area contributed by atoms with Crippen molar-refractivity contribution >= 4 is 35.8 Å². The van der Waals surface area contributed by atoms with Gasteiger partial charge in [-0.3, -0.25) is 0 Å². The molecule has 0 aliphatic heterocycles. The summed E-state index contributed by atoms with van der Waals surface area (Å²) in [4.78, 5) is 57.3. The summed E-state index contributed by atoms with van der Waals surface area (Å²) in [6.45, 7) is -0.729. The van der Waals surface area contributed by atoms with E-state index < -0.39 is 41.9 Å². The van der Waals surface area contributed by atoms with E-state index in [9.17, 15) is 28.8 Å². The molecule has 170 valence electrons. The molecule has 0 aliphatic rings. The van der Waals surface area contributed by atoms with Crippen LogP contribution in [0.5, 0.6) is 0 Å². The molecule has 9 N–H and O–H groups in total. The van der Waals surface area contributed by atoms with Gasteiger partial charge in [-0.15, -0.1) is 0 Å². The topological polar surface area (TPSA) is 284 Å². The molecule has 0 bridgehead atoms. The van der Waals surface area contributed by atoms with Crippen molar-refractivity contribution in [2.24, 2.45) is 0 Å². The van der Waals surface area contributed by atoms with Gasteiger partial charge in [-0.05, 0) is 0 Å². The lowest BCUT2D eigenvalue weighted by molar-refractivity contribution is -0.134. The van der Waals surface area contributed by atoms with Crippen molar-refractivity contribution in [3.8, 4) is 0 Å². The molecule has 0 fully saturated rings. The second-order valence-corrected chi connectivity index (χ2v) is 4.05. The van der Waals surface area contributed by atoms with Crippen LogP contribution < -0.4 is 0 Å². The Bertz CT molecular complexity index is 512. The highest BCUT2D eigenvalue weighted by molar-refractivity contribution is 5.90. The van der Waals surface area contributed by atoms with Crippen LogP contribution in [-0.4, -0.2) is 101 Å². The number of aliphatic hydroxyl groups excluding tert-OH is 3. The SMILES string of the molecule is O=C(O)C=CC(=O)O.O=C(O)C=CC(=O)O.O=C(O)C=CC(=O)O.OCC(O)CO. The number of hydrogen-bond donors (Lipinski definition) is 9. The van der Waals surface area contributed by atoms with Crippen LogP contribution in [0.1, 0.15) is 0 Å². The van der Waals surface area contributed by atoms with Gasteiger partial charge < -0.3 is 46.0 Å². The van der Waals surface area contributed by atoms with Gasteiger partial charge in [0.25, 0.3) is 0 Å². The van der Waals surface area contributed by atoms with Crippen LogP contribution in [0.3, 0.4) is 0 Å². The van der Waals surface area contributed by atoms with E-state index in [2.05, 4.69) is 0 Å². The number of carboxylic acids is 6. The average Bonchev–Trinajstić information content (AvgIpc) is 2.64. The van der Waals surface area contributed by atoms with Crippen molar-refractivity contribution in [1.82, 2.24) is 0 Å². The Hall–Kier alpha value is -4.08. The van der Waals surface area contributed by atoms with Crippen LogP contribution >= 0.6 is 0 Å². The quantitative estimate of drug-likeness (QED) is 0.176. The molecule has 0 rings (SSSR count). The zero-order valence-corrected chi connectivity index (χ0v) is 14.9. The van der Waals surface area contributed by atoms with Gasteiger partial charge in [-0.2, -0.15) is 0 Å². The Morgan fingerprint density at radius 2 is 0.600 bits per heavy atom. The van der Waals surface area contributed by atoms with E-state index in [4.69, 9.17) is 46.0 Å². The number of carboxylic acid groups (broad SMARTS) is 6. The third-order valence-corrected chi connectivity index (χ3v) is 1.53. The first-order valence-corrected chi connectivity index (χ1v) is 7.01. The maximum atomic E-state index is 9.55. The van der Waals surface area contributed by atoms with Crippen molar-refractivity contribution in [3.05, 3.63) is 36.5 Å². The number of hydrogen-bond acceptors (Lipinski definition) is 9. The third kappa shape index (κ3) is 56.4. The second-order valence-electron chi connectivity index (χ2n) is 4.05. The van der Waals surface area contributed by atoms with Crippen molar-refractivity contribution in [3.63, 3.8) is 0 Å². The highest BCUT2D eigenvalue weighted by atomic mass is 16.4. The van der Waals surface area contributed by atoms with Gasteiger partial charge in [-0.25, -0.2) is 28.8 Å². The molecule has 0 amide bonds. The first-order valence-electron chi connectivity index (χ1n) is 7.01. The zero-order chi connectivity index (χ0) is 24.7. The fourth-order valence-corrected chi connectivity index (χ4v) is 0.485. The molecule has 0 aliphatic carbocycles. The number of carbonyl (C=O) groups is 6. The standard InChI is InChI=1S/3C4H4O4.C3H8O3/c3*5-3(6)1-2-4(7)8;4-1-3(6)2-5/h3*1-2H,(H,5,6)(H,7,8);3-6H,1-2H2. The number of rotatable bonds is 8. The largest absolute Gasteiger partial charge is 0.478 e. The smallest absolute Gasteiger partial charge is 0.328 e. The second kappa shape index (κ2) is 23.0. The average molecular weight is 440 g/mol. The molecule has 0 spiro atoms. The van der Waals surface area contributed by atoms with E-state index in [0.29, 0.717) is 36.5 Å². The molecule has 0 aromatic carbocycles. The van der Waals surface area contributed by atoms with Crippen molar-refractivity contribution < 1.29 is 74.7 Å². The summed E-state index contributed by atoms with van der Waals surface area (Å²) in [5.41, 5.74) is 0. The first kappa shape index (κ1) is 33.5.